The summed E-state index contributed by atoms with van der Waals surface area (Å²) in [4.78, 5) is 36.6. The summed E-state index contributed by atoms with van der Waals surface area (Å²) in [6.07, 6.45) is 3.35. The average molecular weight is 384 g/mol. The van der Waals surface area contributed by atoms with E-state index in [0.29, 0.717) is 37.7 Å². The smallest absolute Gasteiger partial charge is 0.388 e. The summed E-state index contributed by atoms with van der Waals surface area (Å²) < 4.78 is 19.1. The molecular formula is C18H17FN6O3. The van der Waals surface area contributed by atoms with Crippen LogP contribution in [0.5, 0.6) is 0 Å². The molecule has 4 rings (SSSR count). The number of piperazine rings is 1. The lowest BCUT2D eigenvalue weighted by Gasteiger charge is -2.34. The molecule has 3 aromatic rings. The molecule has 1 fully saturated rings. The molecule has 1 saturated heterocycles. The zero-order valence-electron chi connectivity index (χ0n) is 14.9. The first-order chi connectivity index (χ1) is 13.6. The second-order valence-electron chi connectivity index (χ2n) is 6.25. The fourth-order valence-electron chi connectivity index (χ4n) is 2.95. The van der Waals surface area contributed by atoms with Gasteiger partial charge in [0.05, 0.1) is 0 Å². The lowest BCUT2D eigenvalue weighted by atomic mass is 10.2. The van der Waals surface area contributed by atoms with Gasteiger partial charge in [0.1, 0.15) is 12.4 Å². The molecule has 1 aliphatic rings. The van der Waals surface area contributed by atoms with Gasteiger partial charge in [-0.1, -0.05) is 0 Å². The summed E-state index contributed by atoms with van der Waals surface area (Å²) in [5, 5.41) is 4.04. The van der Waals surface area contributed by atoms with E-state index in [1.54, 1.807) is 23.4 Å². The Morgan fingerprint density at radius 1 is 1.07 bits per heavy atom. The molecule has 1 aliphatic heterocycles. The number of hydrogen-bond acceptors (Lipinski definition) is 7. The molecule has 0 saturated carbocycles. The Morgan fingerprint density at radius 2 is 1.75 bits per heavy atom. The van der Waals surface area contributed by atoms with E-state index in [-0.39, 0.29) is 18.3 Å². The Balaban J connectivity index is 1.39. The Morgan fingerprint density at radius 3 is 2.43 bits per heavy atom. The number of anilines is 1. The summed E-state index contributed by atoms with van der Waals surface area (Å²) in [6, 6.07) is 7.15. The van der Waals surface area contributed by atoms with Gasteiger partial charge in [0.15, 0.2) is 0 Å². The van der Waals surface area contributed by atoms with Crippen LogP contribution in [0.25, 0.3) is 11.5 Å². The van der Waals surface area contributed by atoms with Crippen molar-refractivity contribution < 1.29 is 13.6 Å². The molecule has 3 heterocycles. The van der Waals surface area contributed by atoms with Crippen LogP contribution in [0.3, 0.4) is 0 Å². The van der Waals surface area contributed by atoms with Crippen molar-refractivity contribution in [1.29, 1.82) is 0 Å². The molecule has 0 aliphatic carbocycles. The standard InChI is InChI=1S/C18H17FN6O3/c19-14-4-2-13(3-5-14)16-22-25(18(27)28-16)12-15(26)23-8-10-24(11-9-23)17-20-6-1-7-21-17/h1-7H,8-12H2. The van der Waals surface area contributed by atoms with E-state index in [0.717, 1.165) is 4.68 Å². The van der Waals surface area contributed by atoms with Gasteiger partial charge in [-0.15, -0.1) is 5.10 Å². The highest BCUT2D eigenvalue weighted by Gasteiger charge is 2.24. The second-order valence-corrected chi connectivity index (χ2v) is 6.25. The highest BCUT2D eigenvalue weighted by atomic mass is 19.1. The molecule has 28 heavy (non-hydrogen) atoms. The Labute approximate surface area is 159 Å². The molecule has 0 unspecified atom stereocenters. The van der Waals surface area contributed by atoms with Crippen molar-refractivity contribution in [1.82, 2.24) is 24.6 Å². The fourth-order valence-corrected chi connectivity index (χ4v) is 2.95. The van der Waals surface area contributed by atoms with Crippen molar-refractivity contribution in [2.75, 3.05) is 31.1 Å². The van der Waals surface area contributed by atoms with E-state index in [9.17, 15) is 14.0 Å². The van der Waals surface area contributed by atoms with Crippen LogP contribution < -0.4 is 10.7 Å². The van der Waals surface area contributed by atoms with Gasteiger partial charge in [0.25, 0.3) is 0 Å². The predicted octanol–water partition coefficient (Wildman–Crippen LogP) is 0.781. The summed E-state index contributed by atoms with van der Waals surface area (Å²) in [6.45, 7) is 1.98. The van der Waals surface area contributed by atoms with Crippen LogP contribution in [0, 0.1) is 5.82 Å². The third kappa shape index (κ3) is 3.75. The van der Waals surface area contributed by atoms with Crippen LogP contribution in [0.4, 0.5) is 10.3 Å². The molecule has 0 N–H and O–H groups in total. The molecular weight excluding hydrogens is 367 g/mol. The highest BCUT2D eigenvalue weighted by Crippen LogP contribution is 2.16. The van der Waals surface area contributed by atoms with E-state index in [1.165, 1.54) is 24.3 Å². The SMILES string of the molecule is O=C(Cn1nc(-c2ccc(F)cc2)oc1=O)N1CCN(c2ncccn2)CC1. The maximum Gasteiger partial charge on any atom is 0.437 e. The first-order valence-electron chi connectivity index (χ1n) is 8.74. The quantitative estimate of drug-likeness (QED) is 0.656. The lowest BCUT2D eigenvalue weighted by Crippen LogP contribution is -2.50. The normalized spacial score (nSPS) is 14.3. The summed E-state index contributed by atoms with van der Waals surface area (Å²) in [7, 11) is 0. The van der Waals surface area contributed by atoms with Crippen molar-refractivity contribution in [2.24, 2.45) is 0 Å². The maximum atomic E-state index is 13.0. The van der Waals surface area contributed by atoms with Crippen molar-refractivity contribution in [3.05, 3.63) is 59.1 Å². The molecule has 0 bridgehead atoms. The van der Waals surface area contributed by atoms with Crippen LogP contribution in [0.1, 0.15) is 0 Å². The van der Waals surface area contributed by atoms with Gasteiger partial charge >= 0.3 is 5.76 Å². The largest absolute Gasteiger partial charge is 0.437 e. The Bertz CT molecular complexity index is 1010. The van der Waals surface area contributed by atoms with Crippen molar-refractivity contribution in [2.45, 2.75) is 6.54 Å². The van der Waals surface area contributed by atoms with Crippen LogP contribution >= 0.6 is 0 Å². The second kappa shape index (κ2) is 7.59. The zero-order chi connectivity index (χ0) is 19.5. The number of halogens is 1. The third-order valence-electron chi connectivity index (χ3n) is 4.45. The molecule has 1 amide bonds. The van der Waals surface area contributed by atoms with Crippen molar-refractivity contribution >= 4 is 11.9 Å². The van der Waals surface area contributed by atoms with Crippen LogP contribution in [-0.2, 0) is 11.3 Å². The summed E-state index contributed by atoms with van der Waals surface area (Å²) >= 11 is 0. The van der Waals surface area contributed by atoms with Gasteiger partial charge in [-0.3, -0.25) is 4.79 Å². The van der Waals surface area contributed by atoms with Gasteiger partial charge in [-0.25, -0.2) is 19.2 Å². The van der Waals surface area contributed by atoms with Crippen molar-refractivity contribution in [3.63, 3.8) is 0 Å². The van der Waals surface area contributed by atoms with Gasteiger partial charge in [0, 0.05) is 44.1 Å². The molecule has 0 spiro atoms. The molecule has 144 valence electrons. The number of nitrogens with zero attached hydrogens (tertiary/aromatic N) is 6. The summed E-state index contributed by atoms with van der Waals surface area (Å²) in [5.74, 6) is -0.686. The number of rotatable bonds is 4. The van der Waals surface area contributed by atoms with Crippen molar-refractivity contribution in [3.8, 4) is 11.5 Å². The predicted molar refractivity (Wildman–Crippen MR) is 97.0 cm³/mol. The minimum absolute atomic E-state index is 0.0452. The van der Waals surface area contributed by atoms with Crippen LogP contribution in [0.2, 0.25) is 0 Å². The molecule has 0 radical (unpaired) electrons. The molecule has 2 aromatic heterocycles. The Hall–Kier alpha value is -3.56. The van der Waals surface area contributed by atoms with Gasteiger partial charge < -0.3 is 14.2 Å². The molecule has 10 heteroatoms. The van der Waals surface area contributed by atoms with Gasteiger partial charge in [0.2, 0.25) is 17.7 Å². The minimum Gasteiger partial charge on any atom is -0.388 e. The van der Waals surface area contributed by atoms with Crippen LogP contribution in [0.15, 0.2) is 51.9 Å². The number of amides is 1. The maximum absolute atomic E-state index is 13.0. The number of aromatic nitrogens is 4. The van der Waals surface area contributed by atoms with E-state index in [4.69, 9.17) is 4.42 Å². The topological polar surface area (TPSA) is 97.4 Å². The summed E-state index contributed by atoms with van der Waals surface area (Å²) in [5.41, 5.74) is 0.459. The van der Waals surface area contributed by atoms with E-state index >= 15 is 0 Å². The van der Waals surface area contributed by atoms with Gasteiger partial charge in [-0.2, -0.15) is 4.68 Å². The molecule has 1 aromatic carbocycles. The average Bonchev–Trinajstić information content (AvgIpc) is 3.09. The van der Waals surface area contributed by atoms with E-state index in [1.807, 2.05) is 4.90 Å². The molecule has 0 atom stereocenters. The fraction of sp³-hybridized carbons (Fsp3) is 0.278. The van der Waals surface area contributed by atoms with Crippen LogP contribution in [-0.4, -0.2) is 56.7 Å². The first-order valence-corrected chi connectivity index (χ1v) is 8.74. The third-order valence-corrected chi connectivity index (χ3v) is 4.45. The lowest BCUT2D eigenvalue weighted by molar-refractivity contribution is -0.132. The number of carbonyl (C=O) groups is 1. The number of carbonyl (C=O) groups excluding carboxylic acids is 1. The number of hydrogen-bond donors (Lipinski definition) is 0. The first kappa shape index (κ1) is 17.8. The zero-order valence-corrected chi connectivity index (χ0v) is 14.9. The Kier molecular flexibility index (Phi) is 4.83. The highest BCUT2D eigenvalue weighted by molar-refractivity contribution is 5.76. The number of benzene rings is 1. The minimum atomic E-state index is -0.732. The van der Waals surface area contributed by atoms with E-state index < -0.39 is 11.6 Å². The van der Waals surface area contributed by atoms with E-state index in [2.05, 4.69) is 15.1 Å². The molecule has 9 nitrogen and oxygen atoms in total. The monoisotopic (exact) mass is 384 g/mol. The van der Waals surface area contributed by atoms with Gasteiger partial charge in [-0.05, 0) is 30.3 Å².